The second kappa shape index (κ2) is 8.82. The Morgan fingerprint density at radius 2 is 1.38 bits per heavy atom. The van der Waals surface area contributed by atoms with Gasteiger partial charge in [0.05, 0.1) is 5.56 Å². The molecule has 7 heteroatoms. The highest BCUT2D eigenvalue weighted by Crippen LogP contribution is 2.32. The first kappa shape index (κ1) is 21.9. The van der Waals surface area contributed by atoms with Gasteiger partial charge in [-0.1, -0.05) is 72.3 Å². The number of nitrogens with one attached hydrogen (secondary N) is 1. The highest BCUT2D eigenvalue weighted by Gasteiger charge is 2.23. The Morgan fingerprint density at radius 3 is 2.15 bits per heavy atom. The molecular weight excluding hydrogens is 470 g/mol. The Labute approximate surface area is 201 Å². The van der Waals surface area contributed by atoms with Gasteiger partial charge in [-0.25, -0.2) is 0 Å². The first-order chi connectivity index (χ1) is 16.4. The molecule has 0 aromatic heterocycles. The van der Waals surface area contributed by atoms with Crippen molar-refractivity contribution >= 4 is 54.9 Å². The molecule has 0 aliphatic heterocycles. The number of anilines is 1. The normalized spacial score (nSPS) is 11.4. The van der Waals surface area contributed by atoms with Crippen molar-refractivity contribution in [3.05, 3.63) is 114 Å². The molecular formula is C27H18ClNO4S. The van der Waals surface area contributed by atoms with E-state index in [-0.39, 0.29) is 16.2 Å². The van der Waals surface area contributed by atoms with Crippen molar-refractivity contribution in [2.45, 2.75) is 4.90 Å². The molecule has 5 rings (SSSR count). The zero-order valence-electron chi connectivity index (χ0n) is 17.7. The van der Waals surface area contributed by atoms with Crippen molar-refractivity contribution in [3.8, 4) is 5.75 Å². The molecule has 0 spiro atoms. The molecule has 1 amide bonds. The lowest BCUT2D eigenvalue weighted by atomic mass is 10.0. The van der Waals surface area contributed by atoms with Crippen LogP contribution in [0.2, 0.25) is 5.02 Å². The van der Waals surface area contributed by atoms with Gasteiger partial charge in [-0.2, -0.15) is 8.42 Å². The van der Waals surface area contributed by atoms with Crippen LogP contribution in [0.15, 0.2) is 108 Å². The maximum atomic E-state index is 13.3. The second-order valence-electron chi connectivity index (χ2n) is 7.67. The zero-order valence-corrected chi connectivity index (χ0v) is 19.3. The third-order valence-corrected chi connectivity index (χ3v) is 6.91. The molecule has 5 aromatic carbocycles. The van der Waals surface area contributed by atoms with Crippen molar-refractivity contribution in [1.82, 2.24) is 0 Å². The average Bonchev–Trinajstić information content (AvgIpc) is 2.84. The average molecular weight is 488 g/mol. The van der Waals surface area contributed by atoms with Crippen LogP contribution in [0.3, 0.4) is 0 Å². The molecule has 0 aliphatic rings. The minimum atomic E-state index is -4.21. The first-order valence-electron chi connectivity index (χ1n) is 10.4. The van der Waals surface area contributed by atoms with E-state index in [1.807, 2.05) is 36.4 Å². The third-order valence-electron chi connectivity index (χ3n) is 5.43. The van der Waals surface area contributed by atoms with Gasteiger partial charge in [-0.3, -0.25) is 4.79 Å². The zero-order chi connectivity index (χ0) is 23.7. The monoisotopic (exact) mass is 487 g/mol. The Morgan fingerprint density at radius 1 is 0.735 bits per heavy atom. The number of hydrogen-bond donors (Lipinski definition) is 1. The van der Waals surface area contributed by atoms with Gasteiger partial charge < -0.3 is 9.50 Å². The lowest BCUT2D eigenvalue weighted by molar-refractivity contribution is 0.102. The van der Waals surface area contributed by atoms with Crippen molar-refractivity contribution in [1.29, 1.82) is 0 Å². The van der Waals surface area contributed by atoms with E-state index in [0.29, 0.717) is 16.1 Å². The number of hydrogen-bond acceptors (Lipinski definition) is 4. The van der Waals surface area contributed by atoms with Crippen LogP contribution in [0.1, 0.15) is 10.4 Å². The van der Waals surface area contributed by atoms with Crippen LogP contribution in [0.25, 0.3) is 21.5 Å². The van der Waals surface area contributed by atoms with Crippen LogP contribution in [-0.2, 0) is 10.1 Å². The summed E-state index contributed by atoms with van der Waals surface area (Å²) in [7, 11) is -4.21. The summed E-state index contributed by atoms with van der Waals surface area (Å²) in [5.74, 6) is -0.554. The summed E-state index contributed by atoms with van der Waals surface area (Å²) in [6.45, 7) is 0. The SMILES string of the molecule is O=C(Nc1ccc(Cl)cc1)c1c(OS(=O)(=O)c2ccc3ccccc3c2)ccc2ccccc12. The number of carbonyl (C=O) groups is 1. The van der Waals surface area contributed by atoms with Gasteiger partial charge in [0.25, 0.3) is 5.91 Å². The van der Waals surface area contributed by atoms with Gasteiger partial charge in [-0.05, 0) is 64.0 Å². The van der Waals surface area contributed by atoms with Crippen molar-refractivity contribution in [2.75, 3.05) is 5.32 Å². The number of carbonyl (C=O) groups excluding carboxylic acids is 1. The molecule has 168 valence electrons. The van der Waals surface area contributed by atoms with Crippen LogP contribution in [0, 0.1) is 0 Å². The van der Waals surface area contributed by atoms with E-state index < -0.39 is 16.0 Å². The Hall–Kier alpha value is -3.87. The molecule has 0 unspecified atom stereocenters. The van der Waals surface area contributed by atoms with E-state index in [1.54, 1.807) is 54.6 Å². The molecule has 1 N–H and O–H groups in total. The quantitative estimate of drug-likeness (QED) is 0.281. The van der Waals surface area contributed by atoms with Gasteiger partial charge in [-0.15, -0.1) is 0 Å². The molecule has 0 atom stereocenters. The smallest absolute Gasteiger partial charge is 0.339 e. The van der Waals surface area contributed by atoms with E-state index in [4.69, 9.17) is 15.8 Å². The fourth-order valence-corrected chi connectivity index (χ4v) is 4.87. The van der Waals surface area contributed by atoms with Gasteiger partial charge in [0.15, 0.2) is 5.75 Å². The fourth-order valence-electron chi connectivity index (χ4n) is 3.77. The van der Waals surface area contributed by atoms with E-state index in [2.05, 4.69) is 5.32 Å². The lowest BCUT2D eigenvalue weighted by Crippen LogP contribution is -2.17. The van der Waals surface area contributed by atoms with Crippen molar-refractivity contribution < 1.29 is 17.4 Å². The largest absolute Gasteiger partial charge is 0.378 e. The summed E-state index contributed by atoms with van der Waals surface area (Å²) >= 11 is 5.94. The second-order valence-corrected chi connectivity index (χ2v) is 9.65. The van der Waals surface area contributed by atoms with Crippen LogP contribution in [0.5, 0.6) is 5.75 Å². The van der Waals surface area contributed by atoms with Gasteiger partial charge in [0, 0.05) is 10.7 Å². The van der Waals surface area contributed by atoms with E-state index in [9.17, 15) is 13.2 Å². The topological polar surface area (TPSA) is 72.5 Å². The predicted molar refractivity (Wildman–Crippen MR) is 135 cm³/mol. The van der Waals surface area contributed by atoms with Crippen LogP contribution >= 0.6 is 11.6 Å². The molecule has 0 saturated carbocycles. The third kappa shape index (κ3) is 4.33. The molecule has 0 aliphatic carbocycles. The summed E-state index contributed by atoms with van der Waals surface area (Å²) in [5.41, 5.74) is 0.642. The van der Waals surface area contributed by atoms with E-state index in [0.717, 1.165) is 16.2 Å². The number of rotatable bonds is 5. The maximum absolute atomic E-state index is 13.3. The standard InChI is InChI=1S/C27H18ClNO4S/c28-21-11-13-22(14-12-21)29-27(30)26-24-8-4-3-6-19(24)10-16-25(26)33-34(31,32)23-15-9-18-5-1-2-7-20(18)17-23/h1-17H,(H,29,30). The maximum Gasteiger partial charge on any atom is 0.339 e. The van der Waals surface area contributed by atoms with E-state index in [1.165, 1.54) is 12.1 Å². The molecule has 0 saturated heterocycles. The fraction of sp³-hybridized carbons (Fsp3) is 0. The molecule has 0 fully saturated rings. The van der Waals surface area contributed by atoms with Crippen molar-refractivity contribution in [3.63, 3.8) is 0 Å². The highest BCUT2D eigenvalue weighted by atomic mass is 35.5. The predicted octanol–water partition coefficient (Wildman–Crippen LogP) is 6.67. The summed E-state index contributed by atoms with van der Waals surface area (Å²) in [4.78, 5) is 13.3. The highest BCUT2D eigenvalue weighted by molar-refractivity contribution is 7.87. The summed E-state index contributed by atoms with van der Waals surface area (Å²) in [6.07, 6.45) is 0. The minimum absolute atomic E-state index is 0.00316. The molecule has 5 aromatic rings. The van der Waals surface area contributed by atoms with Crippen LogP contribution in [0.4, 0.5) is 5.69 Å². The minimum Gasteiger partial charge on any atom is -0.378 e. The lowest BCUT2D eigenvalue weighted by Gasteiger charge is -2.15. The molecule has 0 heterocycles. The van der Waals surface area contributed by atoms with Gasteiger partial charge >= 0.3 is 10.1 Å². The Bertz CT molecular complexity index is 1650. The van der Waals surface area contributed by atoms with Crippen molar-refractivity contribution in [2.24, 2.45) is 0 Å². The van der Waals surface area contributed by atoms with Crippen LogP contribution < -0.4 is 9.50 Å². The molecule has 0 bridgehead atoms. The summed E-state index contributed by atoms with van der Waals surface area (Å²) < 4.78 is 31.9. The number of halogens is 1. The summed E-state index contributed by atoms with van der Waals surface area (Å²) in [5, 5.41) is 6.36. The first-order valence-corrected chi connectivity index (χ1v) is 12.2. The van der Waals surface area contributed by atoms with Gasteiger partial charge in [0.1, 0.15) is 4.90 Å². The number of fused-ring (bicyclic) bond motifs is 2. The molecule has 0 radical (unpaired) electrons. The Kier molecular flexibility index (Phi) is 5.69. The molecule has 5 nitrogen and oxygen atoms in total. The van der Waals surface area contributed by atoms with E-state index >= 15 is 0 Å². The molecule has 34 heavy (non-hydrogen) atoms. The van der Waals surface area contributed by atoms with Gasteiger partial charge in [0.2, 0.25) is 0 Å². The van der Waals surface area contributed by atoms with Crippen LogP contribution in [-0.4, -0.2) is 14.3 Å². The summed E-state index contributed by atoms with van der Waals surface area (Å²) in [6, 6.07) is 29.3. The number of amides is 1. The number of benzene rings is 5. The Balaban J connectivity index is 1.57.